The maximum absolute atomic E-state index is 11.4. The van der Waals surface area contributed by atoms with Gasteiger partial charge >= 0.3 is 0 Å². The Morgan fingerprint density at radius 2 is 1.60 bits per heavy atom. The van der Waals surface area contributed by atoms with Crippen LogP contribution in [0.5, 0.6) is 0 Å². The predicted molar refractivity (Wildman–Crippen MR) is 79.3 cm³/mol. The van der Waals surface area contributed by atoms with Crippen molar-refractivity contribution in [3.63, 3.8) is 0 Å². The molecule has 0 saturated heterocycles. The lowest BCUT2D eigenvalue weighted by Crippen LogP contribution is -2.01. The quantitative estimate of drug-likeness (QED) is 0.921. The van der Waals surface area contributed by atoms with Crippen molar-refractivity contribution in [2.24, 2.45) is 0 Å². The molecule has 1 N–H and O–H groups in total. The highest BCUT2D eigenvalue weighted by Crippen LogP contribution is 2.20. The third-order valence-electron chi connectivity index (χ3n) is 3.24. The van der Waals surface area contributed by atoms with E-state index in [4.69, 9.17) is 0 Å². The predicted octanol–water partition coefficient (Wildman–Crippen LogP) is 2.76. The van der Waals surface area contributed by atoms with Gasteiger partial charge in [-0.25, -0.2) is 8.42 Å². The number of sulfone groups is 1. The van der Waals surface area contributed by atoms with Gasteiger partial charge in [0.1, 0.15) is 0 Å². The number of aliphatic hydroxyl groups is 1. The number of aliphatic hydroxyl groups excluding tert-OH is 1. The number of hydrogen-bond acceptors (Lipinski definition) is 3. The zero-order valence-electron chi connectivity index (χ0n) is 11.4. The fourth-order valence-corrected chi connectivity index (χ4v) is 2.68. The summed E-state index contributed by atoms with van der Waals surface area (Å²) in [5, 5.41) is 10.1. The molecule has 1 atom stereocenters. The van der Waals surface area contributed by atoms with Crippen LogP contribution in [0.3, 0.4) is 0 Å². The van der Waals surface area contributed by atoms with Crippen molar-refractivity contribution in [3.8, 4) is 0 Å². The molecule has 20 heavy (non-hydrogen) atoms. The van der Waals surface area contributed by atoms with Crippen LogP contribution in [0.1, 0.15) is 23.7 Å². The molecule has 0 aromatic heterocycles. The number of aryl methyl sites for hydroxylation is 1. The lowest BCUT2D eigenvalue weighted by Gasteiger charge is -2.11. The Hall–Kier alpha value is -1.65. The van der Waals surface area contributed by atoms with Crippen molar-refractivity contribution >= 4 is 9.84 Å². The van der Waals surface area contributed by atoms with Gasteiger partial charge in [-0.1, -0.05) is 42.5 Å². The van der Waals surface area contributed by atoms with Crippen LogP contribution < -0.4 is 0 Å². The Morgan fingerprint density at radius 1 is 1.00 bits per heavy atom. The Bertz CT molecular complexity index is 646. The lowest BCUT2D eigenvalue weighted by molar-refractivity contribution is 0.168. The average Bonchev–Trinajstić information content (AvgIpc) is 2.45. The van der Waals surface area contributed by atoms with E-state index in [9.17, 15) is 13.5 Å². The van der Waals surface area contributed by atoms with Crippen LogP contribution in [0.4, 0.5) is 0 Å². The molecule has 0 radical (unpaired) electrons. The van der Waals surface area contributed by atoms with E-state index in [1.807, 2.05) is 30.3 Å². The first-order valence-electron chi connectivity index (χ1n) is 6.49. The van der Waals surface area contributed by atoms with Crippen LogP contribution in [0.2, 0.25) is 0 Å². The summed E-state index contributed by atoms with van der Waals surface area (Å²) in [6.45, 7) is 0. The van der Waals surface area contributed by atoms with Gasteiger partial charge in [-0.2, -0.15) is 0 Å². The molecule has 0 aliphatic rings. The zero-order chi connectivity index (χ0) is 14.6. The van der Waals surface area contributed by atoms with Crippen molar-refractivity contribution in [1.82, 2.24) is 0 Å². The van der Waals surface area contributed by atoms with Gasteiger partial charge in [-0.05, 0) is 36.1 Å². The topological polar surface area (TPSA) is 54.4 Å². The second kappa shape index (κ2) is 6.20. The maximum atomic E-state index is 11.4. The van der Waals surface area contributed by atoms with Crippen LogP contribution >= 0.6 is 0 Å². The van der Waals surface area contributed by atoms with Crippen molar-refractivity contribution in [2.75, 3.05) is 6.26 Å². The molecular formula is C16H18O3S. The molecule has 2 aromatic rings. The Morgan fingerprint density at radius 3 is 2.15 bits per heavy atom. The van der Waals surface area contributed by atoms with Gasteiger partial charge in [0.05, 0.1) is 11.0 Å². The van der Waals surface area contributed by atoms with E-state index in [1.54, 1.807) is 12.1 Å². The highest BCUT2D eigenvalue weighted by molar-refractivity contribution is 7.90. The van der Waals surface area contributed by atoms with Gasteiger partial charge in [0, 0.05) is 6.26 Å². The Kier molecular flexibility index (Phi) is 4.57. The van der Waals surface area contributed by atoms with Crippen molar-refractivity contribution in [3.05, 3.63) is 65.7 Å². The lowest BCUT2D eigenvalue weighted by atomic mass is 10.0. The molecule has 2 rings (SSSR count). The van der Waals surface area contributed by atoms with Crippen molar-refractivity contribution < 1.29 is 13.5 Å². The van der Waals surface area contributed by atoms with Crippen molar-refractivity contribution in [2.45, 2.75) is 23.8 Å². The smallest absolute Gasteiger partial charge is 0.175 e. The van der Waals surface area contributed by atoms with Gasteiger partial charge in [0.25, 0.3) is 0 Å². The van der Waals surface area contributed by atoms with Gasteiger partial charge in [0.2, 0.25) is 0 Å². The summed E-state index contributed by atoms with van der Waals surface area (Å²) in [6.07, 6.45) is 2.00. The minimum Gasteiger partial charge on any atom is -0.388 e. The first kappa shape index (κ1) is 14.8. The van der Waals surface area contributed by atoms with Crippen LogP contribution in [-0.2, 0) is 16.3 Å². The van der Waals surface area contributed by atoms with E-state index in [1.165, 1.54) is 24.0 Å². The largest absolute Gasteiger partial charge is 0.388 e. The highest BCUT2D eigenvalue weighted by Gasteiger charge is 2.10. The molecule has 0 saturated carbocycles. The summed E-state index contributed by atoms with van der Waals surface area (Å²) >= 11 is 0. The molecule has 0 heterocycles. The highest BCUT2D eigenvalue weighted by atomic mass is 32.2. The molecule has 0 bridgehead atoms. The summed E-state index contributed by atoms with van der Waals surface area (Å²) in [4.78, 5) is 0.275. The fraction of sp³-hybridized carbons (Fsp3) is 0.250. The fourth-order valence-electron chi connectivity index (χ4n) is 2.05. The van der Waals surface area contributed by atoms with Crippen LogP contribution in [0.25, 0.3) is 0 Å². The molecule has 0 aliphatic heterocycles. The van der Waals surface area contributed by atoms with E-state index in [0.29, 0.717) is 6.42 Å². The Labute approximate surface area is 119 Å². The second-order valence-electron chi connectivity index (χ2n) is 4.88. The van der Waals surface area contributed by atoms with Crippen LogP contribution in [0.15, 0.2) is 59.5 Å². The van der Waals surface area contributed by atoms with Crippen LogP contribution in [0, 0.1) is 0 Å². The van der Waals surface area contributed by atoms with E-state index < -0.39 is 15.9 Å². The normalized spacial score (nSPS) is 13.1. The van der Waals surface area contributed by atoms with Gasteiger partial charge in [-0.3, -0.25) is 0 Å². The second-order valence-corrected chi connectivity index (χ2v) is 6.90. The Balaban J connectivity index is 2.01. The van der Waals surface area contributed by atoms with Gasteiger partial charge < -0.3 is 5.11 Å². The summed E-state index contributed by atoms with van der Waals surface area (Å²) < 4.78 is 22.7. The number of rotatable bonds is 5. The van der Waals surface area contributed by atoms with Crippen LogP contribution in [-0.4, -0.2) is 19.8 Å². The van der Waals surface area contributed by atoms with E-state index in [-0.39, 0.29) is 4.90 Å². The monoisotopic (exact) mass is 290 g/mol. The molecule has 4 heteroatoms. The minimum absolute atomic E-state index is 0.275. The summed E-state index contributed by atoms with van der Waals surface area (Å²) in [6, 6.07) is 16.4. The SMILES string of the molecule is CS(=O)(=O)c1ccc(C(O)CCc2ccccc2)cc1. The van der Waals surface area contributed by atoms with Crippen molar-refractivity contribution in [1.29, 1.82) is 0 Å². The maximum Gasteiger partial charge on any atom is 0.175 e. The molecule has 0 aliphatic carbocycles. The van der Waals surface area contributed by atoms with Gasteiger partial charge in [-0.15, -0.1) is 0 Å². The summed E-state index contributed by atoms with van der Waals surface area (Å²) in [5.74, 6) is 0. The zero-order valence-corrected chi connectivity index (χ0v) is 12.2. The minimum atomic E-state index is -3.18. The third-order valence-corrected chi connectivity index (χ3v) is 4.37. The molecule has 0 amide bonds. The molecule has 3 nitrogen and oxygen atoms in total. The van der Waals surface area contributed by atoms with E-state index >= 15 is 0 Å². The number of benzene rings is 2. The molecule has 2 aromatic carbocycles. The first-order valence-corrected chi connectivity index (χ1v) is 8.38. The van der Waals surface area contributed by atoms with E-state index in [0.717, 1.165) is 12.0 Å². The van der Waals surface area contributed by atoms with E-state index in [2.05, 4.69) is 0 Å². The molecule has 0 spiro atoms. The summed E-state index contributed by atoms with van der Waals surface area (Å²) in [5.41, 5.74) is 1.92. The molecule has 106 valence electrons. The molecule has 0 fully saturated rings. The number of hydrogen-bond donors (Lipinski definition) is 1. The van der Waals surface area contributed by atoms with Gasteiger partial charge in [0.15, 0.2) is 9.84 Å². The molecular weight excluding hydrogens is 272 g/mol. The summed E-state index contributed by atoms with van der Waals surface area (Å²) in [7, 11) is -3.18. The molecule has 1 unspecified atom stereocenters. The average molecular weight is 290 g/mol. The standard InChI is InChI=1S/C16H18O3S/c1-20(18,19)15-10-8-14(9-11-15)16(17)12-7-13-5-3-2-4-6-13/h2-6,8-11,16-17H,7,12H2,1H3. The third kappa shape index (κ3) is 3.92. The first-order chi connectivity index (χ1) is 9.47.